The van der Waals surface area contributed by atoms with Crippen LogP contribution in [0.25, 0.3) is 0 Å². The van der Waals surface area contributed by atoms with E-state index in [1.54, 1.807) is 0 Å². The molecule has 0 aliphatic carbocycles. The summed E-state index contributed by atoms with van der Waals surface area (Å²) in [6, 6.07) is 5.11. The number of rotatable bonds is 3. The monoisotopic (exact) mass is 235 g/mol. The molecule has 0 heterocycles. The van der Waals surface area contributed by atoms with E-state index >= 15 is 0 Å². The van der Waals surface area contributed by atoms with E-state index in [1.807, 2.05) is 0 Å². The van der Waals surface area contributed by atoms with E-state index in [0.29, 0.717) is 0 Å². The molecule has 1 aromatic rings. The molecule has 0 radical (unpaired) electrons. The van der Waals surface area contributed by atoms with Gasteiger partial charge in [-0.15, -0.1) is 0 Å². The summed E-state index contributed by atoms with van der Waals surface area (Å²) in [5.41, 5.74) is 1.63. The van der Waals surface area contributed by atoms with Gasteiger partial charge in [0.2, 0.25) is 0 Å². The highest BCUT2D eigenvalue weighted by Gasteiger charge is 2.54. The molecule has 0 aliphatic heterocycles. The molecule has 3 nitrogen and oxygen atoms in total. The fraction of sp³-hybridized carbons (Fsp3) is 0.400. The molecular formula is C10H12F3NO2. The van der Waals surface area contributed by atoms with Gasteiger partial charge in [-0.1, -0.05) is 12.1 Å². The Hall–Kier alpha value is -1.27. The third-order valence-corrected chi connectivity index (χ3v) is 2.31. The van der Waals surface area contributed by atoms with Crippen LogP contribution >= 0.6 is 0 Å². The molecule has 3 N–H and O–H groups in total. The molecule has 0 fully saturated rings. The van der Waals surface area contributed by atoms with Gasteiger partial charge in [0.15, 0.2) is 5.60 Å². The average molecular weight is 235 g/mol. The Morgan fingerprint density at radius 1 is 1.38 bits per heavy atom. The number of alkyl halides is 3. The summed E-state index contributed by atoms with van der Waals surface area (Å²) in [5.74, 6) is 0.230. The fourth-order valence-corrected chi connectivity index (χ4v) is 1.28. The smallest absolute Gasteiger partial charge is 0.422 e. The van der Waals surface area contributed by atoms with Crippen molar-refractivity contribution in [1.29, 1.82) is 0 Å². The highest BCUT2D eigenvalue weighted by atomic mass is 19.4. The normalized spacial score (nSPS) is 15.6. The van der Waals surface area contributed by atoms with Gasteiger partial charge in [-0.3, -0.25) is 0 Å². The standard InChI is InChI=1S/C10H12F3NO2/c1-16-8-4-2-3-7(5-8)9(15,6-14)10(11,12)13/h2-5,15H,6,14H2,1H3. The van der Waals surface area contributed by atoms with E-state index in [4.69, 9.17) is 10.5 Å². The minimum atomic E-state index is -4.83. The number of hydrogen-bond donors (Lipinski definition) is 2. The zero-order chi connectivity index (χ0) is 12.4. The number of hydrogen-bond acceptors (Lipinski definition) is 3. The topological polar surface area (TPSA) is 55.5 Å². The number of halogens is 3. The van der Waals surface area contributed by atoms with Crippen molar-refractivity contribution < 1.29 is 23.0 Å². The number of methoxy groups -OCH3 is 1. The van der Waals surface area contributed by atoms with Crippen molar-refractivity contribution in [2.75, 3.05) is 13.7 Å². The summed E-state index contributed by atoms with van der Waals surface area (Å²) in [5, 5.41) is 9.54. The van der Waals surface area contributed by atoms with Gasteiger partial charge >= 0.3 is 6.18 Å². The molecule has 1 rings (SSSR count). The van der Waals surface area contributed by atoms with Crippen LogP contribution in [-0.4, -0.2) is 24.9 Å². The second-order valence-electron chi connectivity index (χ2n) is 3.29. The van der Waals surface area contributed by atoms with Crippen molar-refractivity contribution >= 4 is 0 Å². The van der Waals surface area contributed by atoms with Gasteiger partial charge < -0.3 is 15.6 Å². The summed E-state index contributed by atoms with van der Waals surface area (Å²) in [7, 11) is 1.33. The summed E-state index contributed by atoms with van der Waals surface area (Å²) in [6.07, 6.45) is -4.83. The van der Waals surface area contributed by atoms with Crippen molar-refractivity contribution in [2.45, 2.75) is 11.8 Å². The maximum Gasteiger partial charge on any atom is 0.422 e. The molecule has 0 bridgehead atoms. The first-order valence-electron chi connectivity index (χ1n) is 4.49. The Kier molecular flexibility index (Phi) is 3.44. The molecule has 1 aromatic carbocycles. The second kappa shape index (κ2) is 4.31. The molecular weight excluding hydrogens is 223 g/mol. The third-order valence-electron chi connectivity index (χ3n) is 2.31. The molecule has 6 heteroatoms. The zero-order valence-electron chi connectivity index (χ0n) is 8.58. The molecule has 1 unspecified atom stereocenters. The van der Waals surface area contributed by atoms with Gasteiger partial charge in [0, 0.05) is 6.54 Å². The first kappa shape index (κ1) is 12.8. The van der Waals surface area contributed by atoms with E-state index in [0.717, 1.165) is 12.1 Å². The number of nitrogens with two attached hydrogens (primary N) is 1. The van der Waals surface area contributed by atoms with Crippen molar-refractivity contribution in [2.24, 2.45) is 5.73 Å². The zero-order valence-corrected chi connectivity index (χ0v) is 8.58. The molecule has 0 saturated carbocycles. The van der Waals surface area contributed by atoms with Crippen LogP contribution < -0.4 is 10.5 Å². The van der Waals surface area contributed by atoms with Crippen molar-refractivity contribution in [3.05, 3.63) is 29.8 Å². The predicted molar refractivity (Wildman–Crippen MR) is 52.0 cm³/mol. The lowest BCUT2D eigenvalue weighted by Crippen LogP contribution is -2.48. The lowest BCUT2D eigenvalue weighted by molar-refractivity contribution is -0.262. The lowest BCUT2D eigenvalue weighted by Gasteiger charge is -2.29. The molecule has 0 spiro atoms. The van der Waals surface area contributed by atoms with Crippen LogP contribution in [0.1, 0.15) is 5.56 Å². The molecule has 0 aromatic heterocycles. The van der Waals surface area contributed by atoms with Crippen LogP contribution in [-0.2, 0) is 5.60 Å². The average Bonchev–Trinajstić information content (AvgIpc) is 2.26. The van der Waals surface area contributed by atoms with E-state index in [9.17, 15) is 18.3 Å². The summed E-state index contributed by atoms with van der Waals surface area (Å²) < 4.78 is 42.8. The van der Waals surface area contributed by atoms with Crippen LogP contribution in [0.5, 0.6) is 5.75 Å². The minimum absolute atomic E-state index is 0.230. The first-order chi connectivity index (χ1) is 7.35. The van der Waals surface area contributed by atoms with Crippen LogP contribution in [0.15, 0.2) is 24.3 Å². The highest BCUT2D eigenvalue weighted by molar-refractivity contribution is 5.33. The molecule has 0 saturated heterocycles. The number of benzene rings is 1. The lowest BCUT2D eigenvalue weighted by atomic mass is 9.93. The quantitative estimate of drug-likeness (QED) is 0.832. The first-order valence-corrected chi connectivity index (χ1v) is 4.49. The SMILES string of the molecule is COc1cccc(C(O)(CN)C(F)(F)F)c1. The minimum Gasteiger partial charge on any atom is -0.497 e. The summed E-state index contributed by atoms with van der Waals surface area (Å²) in [4.78, 5) is 0. The van der Waals surface area contributed by atoms with Crippen molar-refractivity contribution in [3.63, 3.8) is 0 Å². The van der Waals surface area contributed by atoms with Gasteiger partial charge in [0.05, 0.1) is 7.11 Å². The van der Waals surface area contributed by atoms with E-state index in [-0.39, 0.29) is 11.3 Å². The molecule has 90 valence electrons. The Morgan fingerprint density at radius 3 is 2.44 bits per heavy atom. The van der Waals surface area contributed by atoms with Gasteiger partial charge in [0.25, 0.3) is 0 Å². The van der Waals surface area contributed by atoms with Gasteiger partial charge in [0.1, 0.15) is 5.75 Å². The molecule has 0 aliphatic rings. The predicted octanol–water partition coefficient (Wildman–Crippen LogP) is 1.40. The van der Waals surface area contributed by atoms with E-state index in [2.05, 4.69) is 0 Å². The highest BCUT2D eigenvalue weighted by Crippen LogP contribution is 2.38. The second-order valence-corrected chi connectivity index (χ2v) is 3.29. The Bertz CT molecular complexity index is 367. The number of aliphatic hydroxyl groups is 1. The Labute approximate surface area is 90.6 Å². The summed E-state index contributed by atoms with van der Waals surface area (Å²) >= 11 is 0. The van der Waals surface area contributed by atoms with Gasteiger partial charge in [-0.2, -0.15) is 13.2 Å². The Morgan fingerprint density at radius 2 is 2.00 bits per heavy atom. The molecule has 0 amide bonds. The Balaban J connectivity index is 3.23. The fourth-order valence-electron chi connectivity index (χ4n) is 1.28. The summed E-state index contributed by atoms with van der Waals surface area (Å²) in [6.45, 7) is -0.941. The third kappa shape index (κ3) is 2.12. The van der Waals surface area contributed by atoms with E-state index in [1.165, 1.54) is 19.2 Å². The van der Waals surface area contributed by atoms with Crippen LogP contribution in [0.3, 0.4) is 0 Å². The maximum atomic E-state index is 12.7. The van der Waals surface area contributed by atoms with Gasteiger partial charge in [-0.25, -0.2) is 0 Å². The molecule has 16 heavy (non-hydrogen) atoms. The van der Waals surface area contributed by atoms with E-state index < -0.39 is 18.3 Å². The van der Waals surface area contributed by atoms with Gasteiger partial charge in [-0.05, 0) is 17.7 Å². The van der Waals surface area contributed by atoms with Crippen LogP contribution in [0, 0.1) is 0 Å². The van der Waals surface area contributed by atoms with Crippen LogP contribution in [0.4, 0.5) is 13.2 Å². The maximum absolute atomic E-state index is 12.7. The number of ether oxygens (including phenoxy) is 1. The molecule has 1 atom stereocenters. The van der Waals surface area contributed by atoms with Crippen molar-refractivity contribution in [3.8, 4) is 5.75 Å². The van der Waals surface area contributed by atoms with Crippen LogP contribution in [0.2, 0.25) is 0 Å². The largest absolute Gasteiger partial charge is 0.497 e. The van der Waals surface area contributed by atoms with Crippen molar-refractivity contribution in [1.82, 2.24) is 0 Å².